The minimum Gasteiger partial charge on any atom is -0.512 e. The maximum absolute atomic E-state index is 11.8. The zero-order valence-corrected chi connectivity index (χ0v) is 12.7. The molecule has 6 heteroatoms. The third-order valence-electron chi connectivity index (χ3n) is 3.39. The number of Topliss-reactive ketones (excluding diaryl/α,β-unsaturated/α-hetero) is 2. The van der Waals surface area contributed by atoms with Crippen molar-refractivity contribution in [3.63, 3.8) is 0 Å². The van der Waals surface area contributed by atoms with Crippen molar-refractivity contribution in [3.8, 4) is 0 Å². The largest absolute Gasteiger partial charge is 0.512 e. The van der Waals surface area contributed by atoms with Crippen LogP contribution in [0.4, 0.5) is 5.69 Å². The Morgan fingerprint density at radius 1 is 1.23 bits per heavy atom. The first-order valence-electron chi connectivity index (χ1n) is 6.97. The van der Waals surface area contributed by atoms with E-state index in [4.69, 9.17) is 11.6 Å². The van der Waals surface area contributed by atoms with Crippen LogP contribution in [-0.2, 0) is 14.4 Å². The lowest BCUT2D eigenvalue weighted by Crippen LogP contribution is -2.19. The number of aliphatic hydroxyl groups excluding tert-OH is 1. The van der Waals surface area contributed by atoms with Gasteiger partial charge in [0.15, 0.2) is 5.78 Å². The van der Waals surface area contributed by atoms with Gasteiger partial charge in [-0.1, -0.05) is 17.7 Å². The summed E-state index contributed by atoms with van der Waals surface area (Å²) >= 11 is 5.82. The smallest absolute Gasteiger partial charge is 0.224 e. The predicted octanol–water partition coefficient (Wildman–Crippen LogP) is 3.19. The summed E-state index contributed by atoms with van der Waals surface area (Å²) in [5, 5.41) is 13.1. The number of rotatable bonds is 4. The molecule has 2 N–H and O–H groups in total. The van der Waals surface area contributed by atoms with Crippen LogP contribution in [0.2, 0.25) is 5.02 Å². The normalized spacial score (nSPS) is 17.3. The van der Waals surface area contributed by atoms with Crippen molar-refractivity contribution in [2.24, 2.45) is 0 Å². The van der Waals surface area contributed by atoms with Crippen molar-refractivity contribution in [1.29, 1.82) is 0 Å². The van der Waals surface area contributed by atoms with Crippen molar-refractivity contribution in [1.82, 2.24) is 0 Å². The molecule has 5 nitrogen and oxygen atoms in total. The number of anilines is 1. The van der Waals surface area contributed by atoms with Gasteiger partial charge in [-0.25, -0.2) is 0 Å². The summed E-state index contributed by atoms with van der Waals surface area (Å²) in [6, 6.07) is 6.72. The SMILES string of the molecule is O=C1CCC(=O)/C(=C(/O)CCC(=O)Nc2cccc(Cl)c2)C1. The third kappa shape index (κ3) is 4.43. The van der Waals surface area contributed by atoms with Crippen LogP contribution in [-0.4, -0.2) is 22.6 Å². The Kier molecular flexibility index (Phi) is 5.33. The van der Waals surface area contributed by atoms with Gasteiger partial charge in [-0.15, -0.1) is 0 Å². The number of nitrogens with one attached hydrogen (secondary N) is 1. The van der Waals surface area contributed by atoms with E-state index in [9.17, 15) is 19.5 Å². The molecule has 1 aromatic carbocycles. The van der Waals surface area contributed by atoms with E-state index in [0.717, 1.165) is 0 Å². The molecule has 22 heavy (non-hydrogen) atoms. The van der Waals surface area contributed by atoms with Crippen LogP contribution < -0.4 is 5.32 Å². The van der Waals surface area contributed by atoms with E-state index in [0.29, 0.717) is 10.7 Å². The lowest BCUT2D eigenvalue weighted by molar-refractivity contribution is -0.125. The summed E-state index contributed by atoms with van der Waals surface area (Å²) in [7, 11) is 0. The van der Waals surface area contributed by atoms with E-state index in [1.807, 2.05) is 0 Å². The van der Waals surface area contributed by atoms with E-state index < -0.39 is 0 Å². The molecule has 1 aliphatic rings. The van der Waals surface area contributed by atoms with Crippen LogP contribution in [0.15, 0.2) is 35.6 Å². The van der Waals surface area contributed by atoms with Crippen LogP contribution in [0.25, 0.3) is 0 Å². The number of hydrogen-bond donors (Lipinski definition) is 2. The molecule has 116 valence electrons. The monoisotopic (exact) mass is 321 g/mol. The third-order valence-corrected chi connectivity index (χ3v) is 3.62. The van der Waals surface area contributed by atoms with Crippen molar-refractivity contribution < 1.29 is 19.5 Å². The van der Waals surface area contributed by atoms with E-state index in [1.165, 1.54) is 0 Å². The van der Waals surface area contributed by atoms with Gasteiger partial charge in [-0.3, -0.25) is 14.4 Å². The standard InChI is InChI=1S/C16H16ClNO4/c17-10-2-1-3-11(8-10)18-16(22)7-6-15(21)13-9-12(19)4-5-14(13)20/h1-3,8,21H,4-7,9H2,(H,18,22)/b15-13+. The van der Waals surface area contributed by atoms with Gasteiger partial charge in [-0.05, 0) is 18.2 Å². The van der Waals surface area contributed by atoms with Gasteiger partial charge in [0.05, 0.1) is 5.76 Å². The second-order valence-corrected chi connectivity index (χ2v) is 5.56. The van der Waals surface area contributed by atoms with Crippen LogP contribution in [0.1, 0.15) is 32.1 Å². The maximum Gasteiger partial charge on any atom is 0.224 e. The fraction of sp³-hybridized carbons (Fsp3) is 0.312. The first-order valence-corrected chi connectivity index (χ1v) is 7.35. The molecule has 1 aliphatic carbocycles. The van der Waals surface area contributed by atoms with Crippen LogP contribution >= 0.6 is 11.6 Å². The first kappa shape index (κ1) is 16.2. The quantitative estimate of drug-likeness (QED) is 0.659. The van der Waals surface area contributed by atoms with E-state index in [-0.39, 0.29) is 60.9 Å². The average Bonchev–Trinajstić information content (AvgIpc) is 2.47. The van der Waals surface area contributed by atoms with Gasteiger partial charge >= 0.3 is 0 Å². The minimum absolute atomic E-state index is 0.0172. The van der Waals surface area contributed by atoms with Gasteiger partial charge in [0.1, 0.15) is 5.78 Å². The molecule has 0 spiro atoms. The highest BCUT2D eigenvalue weighted by atomic mass is 35.5. The molecular formula is C16H16ClNO4. The summed E-state index contributed by atoms with van der Waals surface area (Å²) in [5.74, 6) is -0.750. The maximum atomic E-state index is 11.8. The fourth-order valence-electron chi connectivity index (χ4n) is 2.22. The topological polar surface area (TPSA) is 83.5 Å². The Balaban J connectivity index is 1.92. The lowest BCUT2D eigenvalue weighted by Gasteiger charge is -2.14. The molecule has 0 heterocycles. The number of benzene rings is 1. The van der Waals surface area contributed by atoms with Gasteiger partial charge in [-0.2, -0.15) is 0 Å². The van der Waals surface area contributed by atoms with E-state index in [2.05, 4.69) is 5.32 Å². The number of halogens is 1. The molecule has 0 aliphatic heterocycles. The number of aliphatic hydroxyl groups is 1. The molecule has 1 saturated carbocycles. The molecule has 0 bridgehead atoms. The van der Waals surface area contributed by atoms with Crippen molar-refractivity contribution >= 4 is 34.8 Å². The van der Waals surface area contributed by atoms with Gasteiger partial charge in [0.25, 0.3) is 0 Å². The summed E-state index contributed by atoms with van der Waals surface area (Å²) in [4.78, 5) is 34.8. The molecule has 0 radical (unpaired) electrons. The van der Waals surface area contributed by atoms with Gasteiger partial charge < -0.3 is 10.4 Å². The van der Waals surface area contributed by atoms with Gasteiger partial charge in [0, 0.05) is 48.4 Å². The number of hydrogen-bond acceptors (Lipinski definition) is 4. The molecule has 0 unspecified atom stereocenters. The molecule has 1 amide bonds. The fourth-order valence-corrected chi connectivity index (χ4v) is 2.41. The molecule has 2 rings (SSSR count). The second kappa shape index (κ2) is 7.22. The zero-order chi connectivity index (χ0) is 16.1. The minimum atomic E-state index is -0.302. The number of amides is 1. The van der Waals surface area contributed by atoms with Crippen LogP contribution in [0.5, 0.6) is 0 Å². The molecule has 0 aromatic heterocycles. The molecule has 0 atom stereocenters. The van der Waals surface area contributed by atoms with Crippen molar-refractivity contribution in [2.45, 2.75) is 32.1 Å². The average molecular weight is 322 g/mol. The Morgan fingerprint density at radius 3 is 2.73 bits per heavy atom. The highest BCUT2D eigenvalue weighted by Gasteiger charge is 2.24. The summed E-state index contributed by atoms with van der Waals surface area (Å²) < 4.78 is 0. The van der Waals surface area contributed by atoms with E-state index in [1.54, 1.807) is 24.3 Å². The lowest BCUT2D eigenvalue weighted by atomic mass is 9.90. The number of carbonyl (C=O) groups is 3. The molecular weight excluding hydrogens is 306 g/mol. The Bertz CT molecular complexity index is 651. The Morgan fingerprint density at radius 2 is 2.00 bits per heavy atom. The van der Waals surface area contributed by atoms with E-state index >= 15 is 0 Å². The van der Waals surface area contributed by atoms with Crippen molar-refractivity contribution in [3.05, 3.63) is 40.6 Å². The highest BCUT2D eigenvalue weighted by molar-refractivity contribution is 6.30. The van der Waals surface area contributed by atoms with Crippen LogP contribution in [0, 0.1) is 0 Å². The highest BCUT2D eigenvalue weighted by Crippen LogP contribution is 2.22. The summed E-state index contributed by atoms with van der Waals surface area (Å²) in [6.45, 7) is 0. The van der Waals surface area contributed by atoms with Gasteiger partial charge in [0.2, 0.25) is 5.91 Å². The number of carbonyl (C=O) groups excluding carboxylic acids is 3. The first-order chi connectivity index (χ1) is 10.5. The molecule has 0 saturated heterocycles. The second-order valence-electron chi connectivity index (χ2n) is 5.12. The number of ketones is 2. The van der Waals surface area contributed by atoms with Crippen LogP contribution in [0.3, 0.4) is 0 Å². The molecule has 1 fully saturated rings. The van der Waals surface area contributed by atoms with Crippen molar-refractivity contribution in [2.75, 3.05) is 5.32 Å². The summed E-state index contributed by atoms with van der Waals surface area (Å²) in [6.07, 6.45) is 0.364. The number of allylic oxidation sites excluding steroid dienone is 2. The zero-order valence-electron chi connectivity index (χ0n) is 11.9. The summed E-state index contributed by atoms with van der Waals surface area (Å²) in [5.41, 5.74) is 0.709. The predicted molar refractivity (Wildman–Crippen MR) is 82.8 cm³/mol. The Labute approximate surface area is 133 Å². The Hall–Kier alpha value is -2.14. The molecule has 1 aromatic rings.